The maximum atomic E-state index is 15.4. The van der Waals surface area contributed by atoms with Crippen molar-refractivity contribution in [2.24, 2.45) is 5.92 Å². The fourth-order valence-corrected chi connectivity index (χ4v) is 8.01. The minimum absolute atomic E-state index is 0.00378. The number of carbonyl (C=O) groups excluding carboxylic acids is 3. The number of aromatic nitrogens is 3. The summed E-state index contributed by atoms with van der Waals surface area (Å²) < 4.78 is 52.0. The number of benzene rings is 2. The molecule has 16 heteroatoms. The third kappa shape index (κ3) is 8.58. The van der Waals surface area contributed by atoms with E-state index in [1.165, 1.54) is 29.2 Å². The number of halogens is 3. The maximum absolute atomic E-state index is 15.4. The molecule has 2 aromatic carbocycles. The lowest BCUT2D eigenvalue weighted by atomic mass is 9.99. The van der Waals surface area contributed by atoms with E-state index in [1.54, 1.807) is 63.1 Å². The highest BCUT2D eigenvalue weighted by atomic mass is 19.1. The minimum Gasteiger partial charge on any atom is -0.465 e. The highest BCUT2D eigenvalue weighted by Crippen LogP contribution is 2.37. The summed E-state index contributed by atoms with van der Waals surface area (Å²) in [4.78, 5) is 63.3. The fourth-order valence-electron chi connectivity index (χ4n) is 8.01. The predicted octanol–water partition coefficient (Wildman–Crippen LogP) is 6.53. The van der Waals surface area contributed by atoms with E-state index in [2.05, 4.69) is 15.6 Å². The van der Waals surface area contributed by atoms with Crippen molar-refractivity contribution in [1.29, 1.82) is 0 Å². The number of likely N-dealkylation sites (tertiary alicyclic amines) is 2. The lowest BCUT2D eigenvalue weighted by Gasteiger charge is -2.32. The number of rotatable bonds is 11. The van der Waals surface area contributed by atoms with Gasteiger partial charge in [-0.3, -0.25) is 9.59 Å². The molecular weight excluding hydrogens is 731 g/mol. The molecule has 0 aliphatic carbocycles. The predicted molar refractivity (Wildman–Crippen MR) is 204 cm³/mol. The molecular formula is C40H50F3N7O6. The van der Waals surface area contributed by atoms with E-state index < -0.39 is 59.6 Å². The number of hydrogen-bond acceptors (Lipinski definition) is 6. The molecule has 4 amide bonds. The quantitative estimate of drug-likeness (QED) is 0.135. The van der Waals surface area contributed by atoms with Crippen LogP contribution in [0.5, 0.6) is 0 Å². The highest BCUT2D eigenvalue weighted by molar-refractivity contribution is 5.92. The molecule has 2 aliphatic rings. The molecule has 56 heavy (non-hydrogen) atoms. The minimum atomic E-state index is -1.35. The van der Waals surface area contributed by atoms with Gasteiger partial charge in [-0.25, -0.2) is 27.7 Å². The van der Waals surface area contributed by atoms with Crippen molar-refractivity contribution < 1.29 is 42.2 Å². The highest BCUT2D eigenvalue weighted by Gasteiger charge is 2.41. The molecule has 2 fully saturated rings. The Bertz CT molecular complexity index is 2130. The monoisotopic (exact) mass is 781 g/mol. The zero-order chi connectivity index (χ0) is 40.6. The van der Waals surface area contributed by atoms with E-state index in [1.807, 2.05) is 0 Å². The lowest BCUT2D eigenvalue weighted by Crippen LogP contribution is -2.53. The molecule has 2 saturated heterocycles. The summed E-state index contributed by atoms with van der Waals surface area (Å²) in [5.74, 6) is -1.82. The SMILES string of the molecule is CCC(NC(=O)O)C(=O)N1CCC[C@H]1Cc1c(-c2nc3cc(F)ccc3n2C[C@@H]2C[C@H](F)CN2C(=O)C(NC(=O)OC(C)(C)C)C(C)C)[nH]c2cc(F)ccc12. The first-order valence-electron chi connectivity index (χ1n) is 19.1. The number of fused-ring (bicyclic) bond motifs is 2. The maximum Gasteiger partial charge on any atom is 0.408 e. The van der Waals surface area contributed by atoms with Crippen LogP contribution in [-0.2, 0) is 27.3 Å². The Morgan fingerprint density at radius 1 is 1.02 bits per heavy atom. The number of nitrogens with zero attached hydrogens (tertiary/aromatic N) is 4. The van der Waals surface area contributed by atoms with Crippen LogP contribution in [0.1, 0.15) is 72.8 Å². The molecule has 4 aromatic rings. The number of nitrogens with one attached hydrogen (secondary N) is 3. The third-order valence-corrected chi connectivity index (χ3v) is 10.6. The second-order valence-corrected chi connectivity index (χ2v) is 16.1. The van der Waals surface area contributed by atoms with Crippen LogP contribution < -0.4 is 10.6 Å². The van der Waals surface area contributed by atoms with Crippen LogP contribution in [0.25, 0.3) is 33.5 Å². The Kier molecular flexibility index (Phi) is 11.6. The largest absolute Gasteiger partial charge is 0.465 e. The summed E-state index contributed by atoms with van der Waals surface area (Å²) in [6.07, 6.45) is -1.52. The molecule has 2 aromatic heterocycles. The van der Waals surface area contributed by atoms with E-state index >= 15 is 4.39 Å². The number of carboxylic acid groups (broad SMARTS) is 1. The molecule has 13 nitrogen and oxygen atoms in total. The number of alkyl halides is 1. The molecule has 4 N–H and O–H groups in total. The topological polar surface area (TPSA) is 162 Å². The van der Waals surface area contributed by atoms with E-state index in [9.17, 15) is 33.1 Å². The van der Waals surface area contributed by atoms with Crippen molar-refractivity contribution in [3.05, 3.63) is 53.6 Å². The molecule has 0 saturated carbocycles. The normalized spacial score (nSPS) is 19.9. The third-order valence-electron chi connectivity index (χ3n) is 10.6. The number of hydrogen-bond donors (Lipinski definition) is 4. The zero-order valence-corrected chi connectivity index (χ0v) is 32.5. The molecule has 5 atom stereocenters. The first-order chi connectivity index (χ1) is 26.4. The van der Waals surface area contributed by atoms with Gasteiger partial charge in [-0.1, -0.05) is 20.8 Å². The van der Waals surface area contributed by atoms with Gasteiger partial charge in [0.2, 0.25) is 11.8 Å². The van der Waals surface area contributed by atoms with Crippen LogP contribution in [-0.4, -0.2) is 102 Å². The fraction of sp³-hybridized carbons (Fsp3) is 0.525. The summed E-state index contributed by atoms with van der Waals surface area (Å²) in [5, 5.41) is 15.0. The van der Waals surface area contributed by atoms with E-state index in [-0.39, 0.29) is 43.8 Å². The van der Waals surface area contributed by atoms with Crippen LogP contribution in [0.3, 0.4) is 0 Å². The molecule has 2 unspecified atom stereocenters. The summed E-state index contributed by atoms with van der Waals surface area (Å²) in [7, 11) is 0. The number of amides is 4. The van der Waals surface area contributed by atoms with Gasteiger partial charge >= 0.3 is 12.2 Å². The van der Waals surface area contributed by atoms with Gasteiger partial charge in [0.05, 0.1) is 29.3 Å². The Morgan fingerprint density at radius 2 is 1.73 bits per heavy atom. The van der Waals surface area contributed by atoms with Crippen LogP contribution in [0.4, 0.5) is 22.8 Å². The Morgan fingerprint density at radius 3 is 2.41 bits per heavy atom. The number of ether oxygens (including phenoxy) is 1. The zero-order valence-electron chi connectivity index (χ0n) is 32.5. The second-order valence-electron chi connectivity index (χ2n) is 16.1. The van der Waals surface area contributed by atoms with Crippen molar-refractivity contribution in [2.45, 2.75) is 116 Å². The summed E-state index contributed by atoms with van der Waals surface area (Å²) in [5.41, 5.74) is 1.67. The number of alkyl carbamates (subject to hydrolysis) is 1. The van der Waals surface area contributed by atoms with E-state index in [4.69, 9.17) is 9.72 Å². The number of H-pyrrole nitrogens is 1. The van der Waals surface area contributed by atoms with Gasteiger partial charge in [0.15, 0.2) is 5.82 Å². The number of aromatic amines is 1. The Balaban J connectivity index is 1.40. The molecule has 0 radical (unpaired) electrons. The first kappa shape index (κ1) is 40.4. The molecule has 6 rings (SSSR count). The Hall–Kier alpha value is -5.28. The summed E-state index contributed by atoms with van der Waals surface area (Å²) >= 11 is 0. The van der Waals surface area contributed by atoms with Gasteiger partial charge in [0, 0.05) is 42.5 Å². The van der Waals surface area contributed by atoms with Crippen molar-refractivity contribution in [3.8, 4) is 11.5 Å². The van der Waals surface area contributed by atoms with E-state index in [0.29, 0.717) is 64.8 Å². The second kappa shape index (κ2) is 16.1. The average Bonchev–Trinajstić information content (AvgIpc) is 3.89. The summed E-state index contributed by atoms with van der Waals surface area (Å²) in [6.45, 7) is 10.7. The molecule has 0 spiro atoms. The van der Waals surface area contributed by atoms with Gasteiger partial charge in [-0.2, -0.15) is 0 Å². The van der Waals surface area contributed by atoms with Crippen molar-refractivity contribution in [2.75, 3.05) is 13.1 Å². The molecule has 4 heterocycles. The van der Waals surface area contributed by atoms with Crippen molar-refractivity contribution >= 4 is 45.9 Å². The first-order valence-corrected chi connectivity index (χ1v) is 19.1. The molecule has 302 valence electrons. The van der Waals surface area contributed by atoms with Gasteiger partial charge in [0.1, 0.15) is 35.5 Å². The van der Waals surface area contributed by atoms with Crippen LogP contribution in [0.15, 0.2) is 36.4 Å². The van der Waals surface area contributed by atoms with Crippen LogP contribution >= 0.6 is 0 Å². The number of imidazole rings is 1. The standard InChI is InChI=1S/C40H50F3N7O6/c1-7-29(46-38(53)54)36(51)48-14-8-9-25(48)18-28-27-12-10-22(41)16-30(27)44-34(28)35-45-31-17-23(42)11-13-32(31)50(35)20-26-15-24(43)19-49(26)37(52)33(21(2)3)47-39(55)56-40(4,5)6/h10-13,16-17,21,24-26,29,33,44,46H,7-9,14-15,18-20H2,1-6H3,(H,47,55)(H,53,54)/t24-,25-,26-,29?,33?/m0/s1. The summed E-state index contributed by atoms with van der Waals surface area (Å²) in [6, 6.07) is 5.52. The average molecular weight is 782 g/mol. The van der Waals surface area contributed by atoms with Gasteiger partial charge in [-0.05, 0) is 88.3 Å². The molecule has 2 aliphatic heterocycles. The van der Waals surface area contributed by atoms with Crippen LogP contribution in [0.2, 0.25) is 0 Å². The van der Waals surface area contributed by atoms with Crippen LogP contribution in [0, 0.1) is 17.6 Å². The molecule has 0 bridgehead atoms. The smallest absolute Gasteiger partial charge is 0.408 e. The van der Waals surface area contributed by atoms with E-state index in [0.717, 1.165) is 0 Å². The van der Waals surface area contributed by atoms with Gasteiger partial charge in [0.25, 0.3) is 0 Å². The van der Waals surface area contributed by atoms with Crippen molar-refractivity contribution in [1.82, 2.24) is 35.0 Å². The van der Waals surface area contributed by atoms with Gasteiger partial charge in [-0.15, -0.1) is 0 Å². The van der Waals surface area contributed by atoms with Crippen molar-refractivity contribution in [3.63, 3.8) is 0 Å². The lowest BCUT2D eigenvalue weighted by molar-refractivity contribution is -0.136. The van der Waals surface area contributed by atoms with Gasteiger partial charge < -0.3 is 39.8 Å². The number of carbonyl (C=O) groups is 4. The Labute approximate surface area is 322 Å².